The minimum atomic E-state index is -0.909. The van der Waals surface area contributed by atoms with Crippen molar-refractivity contribution in [2.24, 2.45) is 5.10 Å². The molecule has 0 atom stereocenters. The molecule has 7 nitrogen and oxygen atoms in total. The maximum absolute atomic E-state index is 11.5. The average molecular weight is 372 g/mol. The number of hydrazone groups is 1. The van der Waals surface area contributed by atoms with E-state index in [0.717, 1.165) is 0 Å². The Labute approximate surface area is 149 Å². The van der Waals surface area contributed by atoms with Gasteiger partial charge in [-0.2, -0.15) is 5.10 Å². The molecule has 0 heterocycles. The van der Waals surface area contributed by atoms with Gasteiger partial charge in [0, 0.05) is 13.7 Å². The summed E-state index contributed by atoms with van der Waals surface area (Å²) in [7, 11) is 1.48. The number of hydrogen-bond acceptors (Lipinski definition) is 5. The first-order chi connectivity index (χ1) is 11.5. The minimum absolute atomic E-state index is 0.0289. The van der Waals surface area contributed by atoms with Gasteiger partial charge >= 0.3 is 11.8 Å². The molecular weight excluding hydrogens is 357 g/mol. The zero-order valence-electron chi connectivity index (χ0n) is 12.8. The molecule has 0 saturated heterocycles. The van der Waals surface area contributed by atoms with E-state index in [1.807, 2.05) is 0 Å². The molecular formula is C15H15Cl2N3O4. The molecule has 1 aromatic rings. The van der Waals surface area contributed by atoms with Crippen molar-refractivity contribution in [3.63, 3.8) is 0 Å². The number of hydrogen-bond donors (Lipinski definition) is 2. The molecule has 128 valence electrons. The minimum Gasteiger partial charge on any atom is -0.478 e. The highest BCUT2D eigenvalue weighted by Crippen LogP contribution is 2.33. The number of nitrogens with one attached hydrogen (secondary N) is 2. The largest absolute Gasteiger partial charge is 0.478 e. The topological polar surface area (TPSA) is 89.0 Å². The fourth-order valence-electron chi connectivity index (χ4n) is 1.47. The van der Waals surface area contributed by atoms with Crippen molar-refractivity contribution in [2.75, 3.05) is 26.9 Å². The number of rotatable bonds is 7. The Hall–Kier alpha value is -2.27. The van der Waals surface area contributed by atoms with Crippen molar-refractivity contribution in [1.29, 1.82) is 0 Å². The van der Waals surface area contributed by atoms with E-state index in [1.165, 1.54) is 25.5 Å². The number of terminal acetylenes is 1. The van der Waals surface area contributed by atoms with Crippen LogP contribution in [0.5, 0.6) is 5.75 Å². The summed E-state index contributed by atoms with van der Waals surface area (Å²) in [5.74, 6) is 0.831. The molecule has 2 amide bonds. The van der Waals surface area contributed by atoms with E-state index >= 15 is 0 Å². The summed E-state index contributed by atoms with van der Waals surface area (Å²) in [6.07, 6.45) is 6.38. The second-order valence-corrected chi connectivity index (χ2v) is 5.07. The summed E-state index contributed by atoms with van der Waals surface area (Å²) >= 11 is 12.1. The van der Waals surface area contributed by atoms with Gasteiger partial charge in [0.2, 0.25) is 0 Å². The SMILES string of the molecule is C#CCOc1c(Cl)cc(/C=N\NC(=O)C(=O)NCCOC)cc1Cl. The van der Waals surface area contributed by atoms with Crippen LogP contribution in [-0.4, -0.2) is 44.9 Å². The Morgan fingerprint density at radius 1 is 1.33 bits per heavy atom. The van der Waals surface area contributed by atoms with Gasteiger partial charge in [0.15, 0.2) is 5.75 Å². The molecule has 0 aromatic heterocycles. The van der Waals surface area contributed by atoms with Gasteiger partial charge in [0.1, 0.15) is 6.61 Å². The van der Waals surface area contributed by atoms with Crippen LogP contribution in [0.3, 0.4) is 0 Å². The van der Waals surface area contributed by atoms with Crippen molar-refractivity contribution in [2.45, 2.75) is 0 Å². The number of methoxy groups -OCH3 is 1. The van der Waals surface area contributed by atoms with Crippen LogP contribution < -0.4 is 15.5 Å². The van der Waals surface area contributed by atoms with Crippen LogP contribution in [0.25, 0.3) is 0 Å². The second-order valence-electron chi connectivity index (χ2n) is 4.25. The van der Waals surface area contributed by atoms with Crippen molar-refractivity contribution in [3.05, 3.63) is 27.7 Å². The summed E-state index contributed by atoms with van der Waals surface area (Å²) in [6.45, 7) is 0.547. The van der Waals surface area contributed by atoms with Gasteiger partial charge in [0.05, 0.1) is 22.9 Å². The highest BCUT2D eigenvalue weighted by molar-refractivity contribution is 6.37. The van der Waals surface area contributed by atoms with Gasteiger partial charge in [-0.1, -0.05) is 29.1 Å². The third-order valence-electron chi connectivity index (χ3n) is 2.50. The Morgan fingerprint density at radius 3 is 2.58 bits per heavy atom. The fourth-order valence-corrected chi connectivity index (χ4v) is 2.08. The smallest absolute Gasteiger partial charge is 0.329 e. The zero-order chi connectivity index (χ0) is 17.9. The number of amides is 2. The summed E-state index contributed by atoms with van der Waals surface area (Å²) in [5.41, 5.74) is 2.58. The maximum Gasteiger partial charge on any atom is 0.329 e. The summed E-state index contributed by atoms with van der Waals surface area (Å²) < 4.78 is 9.96. The molecule has 1 rings (SSSR count). The van der Waals surface area contributed by atoms with Crippen LogP contribution in [0.4, 0.5) is 0 Å². The summed E-state index contributed by atoms with van der Waals surface area (Å²) in [4.78, 5) is 22.9. The van der Waals surface area contributed by atoms with Crippen LogP contribution >= 0.6 is 23.2 Å². The molecule has 0 aliphatic carbocycles. The van der Waals surface area contributed by atoms with Crippen molar-refractivity contribution < 1.29 is 19.1 Å². The van der Waals surface area contributed by atoms with E-state index in [-0.39, 0.29) is 28.9 Å². The molecule has 0 bridgehead atoms. The van der Waals surface area contributed by atoms with Crippen LogP contribution in [0.15, 0.2) is 17.2 Å². The lowest BCUT2D eigenvalue weighted by molar-refractivity contribution is -0.139. The number of nitrogens with zero attached hydrogens (tertiary/aromatic N) is 1. The number of carbonyl (C=O) groups is 2. The zero-order valence-corrected chi connectivity index (χ0v) is 14.3. The summed E-state index contributed by atoms with van der Waals surface area (Å²) in [6, 6.07) is 3.04. The Morgan fingerprint density at radius 2 is 2.00 bits per heavy atom. The van der Waals surface area contributed by atoms with Crippen molar-refractivity contribution in [1.82, 2.24) is 10.7 Å². The molecule has 0 unspecified atom stereocenters. The van der Waals surface area contributed by atoms with Crippen molar-refractivity contribution >= 4 is 41.2 Å². The van der Waals surface area contributed by atoms with E-state index in [4.69, 9.17) is 39.1 Å². The van der Waals surface area contributed by atoms with Crippen LogP contribution in [0.2, 0.25) is 10.0 Å². The molecule has 1 aromatic carbocycles. The molecule has 0 aliphatic rings. The van der Waals surface area contributed by atoms with Crippen LogP contribution in [0, 0.1) is 12.3 Å². The molecule has 9 heteroatoms. The monoisotopic (exact) mass is 371 g/mol. The van der Waals surface area contributed by atoms with Gasteiger partial charge in [-0.25, -0.2) is 5.43 Å². The molecule has 24 heavy (non-hydrogen) atoms. The van der Waals surface area contributed by atoms with Crippen LogP contribution in [0.1, 0.15) is 5.56 Å². The Balaban J connectivity index is 2.63. The lowest BCUT2D eigenvalue weighted by atomic mass is 10.2. The van der Waals surface area contributed by atoms with Gasteiger partial charge < -0.3 is 14.8 Å². The molecule has 0 saturated carbocycles. The molecule has 0 radical (unpaired) electrons. The van der Waals surface area contributed by atoms with Gasteiger partial charge in [-0.15, -0.1) is 6.42 Å². The maximum atomic E-state index is 11.5. The standard InChI is InChI=1S/C15H15Cl2N3O4/c1-3-5-24-13-11(16)7-10(8-12(13)17)9-19-20-15(22)14(21)18-4-6-23-2/h1,7-9H,4-6H2,2H3,(H,18,21)(H,20,22)/b19-9-. The molecule has 2 N–H and O–H groups in total. The fraction of sp³-hybridized carbons (Fsp3) is 0.267. The van der Waals surface area contributed by atoms with Gasteiger partial charge in [-0.05, 0) is 17.7 Å². The number of ether oxygens (including phenoxy) is 2. The van der Waals surface area contributed by atoms with Crippen molar-refractivity contribution in [3.8, 4) is 18.1 Å². The van der Waals surface area contributed by atoms with E-state index < -0.39 is 11.8 Å². The average Bonchev–Trinajstić information content (AvgIpc) is 2.54. The number of carbonyl (C=O) groups excluding carboxylic acids is 2. The van der Waals surface area contributed by atoms with Gasteiger partial charge in [0.25, 0.3) is 0 Å². The predicted molar refractivity (Wildman–Crippen MR) is 91.4 cm³/mol. The molecule has 0 spiro atoms. The highest BCUT2D eigenvalue weighted by atomic mass is 35.5. The van der Waals surface area contributed by atoms with E-state index in [1.54, 1.807) is 0 Å². The number of benzene rings is 1. The van der Waals surface area contributed by atoms with E-state index in [2.05, 4.69) is 21.8 Å². The molecule has 0 aliphatic heterocycles. The first-order valence-electron chi connectivity index (χ1n) is 6.65. The van der Waals surface area contributed by atoms with E-state index in [9.17, 15) is 9.59 Å². The van der Waals surface area contributed by atoms with Crippen LogP contribution in [-0.2, 0) is 14.3 Å². The predicted octanol–water partition coefficient (Wildman–Crippen LogP) is 1.22. The lowest BCUT2D eigenvalue weighted by Crippen LogP contribution is -2.39. The Bertz CT molecular complexity index is 648. The first-order valence-corrected chi connectivity index (χ1v) is 7.40. The van der Waals surface area contributed by atoms with E-state index in [0.29, 0.717) is 12.2 Å². The molecule has 0 fully saturated rings. The normalized spacial score (nSPS) is 10.2. The summed E-state index contributed by atoms with van der Waals surface area (Å²) in [5, 5.41) is 6.49. The third kappa shape index (κ3) is 6.46. The second kappa shape index (κ2) is 10.5. The Kier molecular flexibility index (Phi) is 8.65. The highest BCUT2D eigenvalue weighted by Gasteiger charge is 2.12. The first kappa shape index (κ1) is 19.8. The third-order valence-corrected chi connectivity index (χ3v) is 3.06. The number of halogens is 2. The quantitative estimate of drug-likeness (QED) is 0.248. The van der Waals surface area contributed by atoms with Gasteiger partial charge in [-0.3, -0.25) is 9.59 Å². The lowest BCUT2D eigenvalue weighted by Gasteiger charge is -2.08.